The van der Waals surface area contributed by atoms with E-state index in [1.54, 1.807) is 18.6 Å². The number of hydrogen-bond donors (Lipinski definition) is 2. The number of nitrogens with zero attached hydrogens (tertiary/aromatic N) is 4. The van der Waals surface area contributed by atoms with Gasteiger partial charge in [0.2, 0.25) is 0 Å². The number of hydrogen-bond acceptors (Lipinski definition) is 5. The van der Waals surface area contributed by atoms with E-state index in [1.807, 2.05) is 31.3 Å². The molecule has 0 aliphatic carbocycles. The third kappa shape index (κ3) is 3.76. The summed E-state index contributed by atoms with van der Waals surface area (Å²) in [5.74, 6) is 0.0173. The summed E-state index contributed by atoms with van der Waals surface area (Å²) in [5.41, 5.74) is 8.26. The number of pyridine rings is 2. The fourth-order valence-corrected chi connectivity index (χ4v) is 1.93. The monoisotopic (exact) mass is 271 g/mol. The van der Waals surface area contributed by atoms with E-state index in [0.29, 0.717) is 5.69 Å². The molecule has 0 saturated carbocycles. The highest BCUT2D eigenvalue weighted by Crippen LogP contribution is 2.08. The normalized spacial score (nSPS) is 11.8. The predicted molar refractivity (Wildman–Crippen MR) is 76.2 cm³/mol. The molecule has 6 nitrogen and oxygen atoms in total. The van der Waals surface area contributed by atoms with Crippen LogP contribution >= 0.6 is 0 Å². The summed E-state index contributed by atoms with van der Waals surface area (Å²) >= 11 is 0. The van der Waals surface area contributed by atoms with E-state index in [-0.39, 0.29) is 5.84 Å². The van der Waals surface area contributed by atoms with Crippen molar-refractivity contribution in [2.75, 3.05) is 7.05 Å². The Morgan fingerprint density at radius 3 is 2.55 bits per heavy atom. The van der Waals surface area contributed by atoms with E-state index in [0.717, 1.165) is 18.7 Å². The fraction of sp³-hybridized carbons (Fsp3) is 0.214. The van der Waals surface area contributed by atoms with Gasteiger partial charge in [0.15, 0.2) is 5.84 Å². The minimum Gasteiger partial charge on any atom is -0.409 e. The Labute approximate surface area is 117 Å². The maximum Gasteiger partial charge on any atom is 0.188 e. The van der Waals surface area contributed by atoms with Crippen molar-refractivity contribution in [3.63, 3.8) is 0 Å². The lowest BCUT2D eigenvalue weighted by atomic mass is 10.2. The lowest BCUT2D eigenvalue weighted by Gasteiger charge is -2.16. The molecule has 2 aromatic rings. The standard InChI is InChI=1S/C14H17N5O/c1-19(9-11-2-5-16-6-3-11)10-12-4-7-17-13(8-12)14(15)18-20/h2-8,20H,9-10H2,1H3,(H2,15,18). The lowest BCUT2D eigenvalue weighted by molar-refractivity contribution is 0.317. The van der Waals surface area contributed by atoms with Crippen LogP contribution in [0.4, 0.5) is 0 Å². The van der Waals surface area contributed by atoms with Gasteiger partial charge in [-0.15, -0.1) is 0 Å². The smallest absolute Gasteiger partial charge is 0.188 e. The topological polar surface area (TPSA) is 87.6 Å². The predicted octanol–water partition coefficient (Wildman–Crippen LogP) is 1.20. The van der Waals surface area contributed by atoms with E-state index in [1.165, 1.54) is 5.56 Å². The highest BCUT2D eigenvalue weighted by atomic mass is 16.4. The quantitative estimate of drug-likeness (QED) is 0.369. The van der Waals surface area contributed by atoms with Crippen LogP contribution < -0.4 is 5.73 Å². The van der Waals surface area contributed by atoms with Gasteiger partial charge in [-0.05, 0) is 42.4 Å². The fourth-order valence-electron chi connectivity index (χ4n) is 1.93. The molecule has 6 heteroatoms. The highest BCUT2D eigenvalue weighted by molar-refractivity contribution is 5.95. The van der Waals surface area contributed by atoms with Crippen LogP contribution in [0.5, 0.6) is 0 Å². The number of nitrogens with two attached hydrogens (primary N) is 1. The van der Waals surface area contributed by atoms with Crippen LogP contribution in [0.15, 0.2) is 48.0 Å². The van der Waals surface area contributed by atoms with Crippen LogP contribution in [-0.2, 0) is 13.1 Å². The molecule has 0 aliphatic rings. The van der Waals surface area contributed by atoms with Gasteiger partial charge < -0.3 is 10.9 Å². The number of amidine groups is 1. The highest BCUT2D eigenvalue weighted by Gasteiger charge is 2.05. The molecule has 3 N–H and O–H groups in total. The Morgan fingerprint density at radius 1 is 1.20 bits per heavy atom. The number of aromatic nitrogens is 2. The van der Waals surface area contributed by atoms with E-state index in [9.17, 15) is 0 Å². The van der Waals surface area contributed by atoms with Crippen molar-refractivity contribution in [1.82, 2.24) is 14.9 Å². The zero-order chi connectivity index (χ0) is 14.4. The first-order valence-corrected chi connectivity index (χ1v) is 6.19. The van der Waals surface area contributed by atoms with Gasteiger partial charge in [0.25, 0.3) is 0 Å². The van der Waals surface area contributed by atoms with Crippen LogP contribution in [0.2, 0.25) is 0 Å². The number of oxime groups is 1. The molecule has 104 valence electrons. The van der Waals surface area contributed by atoms with Gasteiger partial charge in [0, 0.05) is 31.7 Å². The number of rotatable bonds is 5. The second-order valence-electron chi connectivity index (χ2n) is 4.56. The summed E-state index contributed by atoms with van der Waals surface area (Å²) in [7, 11) is 2.03. The van der Waals surface area contributed by atoms with E-state index < -0.39 is 0 Å². The SMILES string of the molecule is CN(Cc1ccncc1)Cc1ccnc(C(N)=NO)c1. The molecule has 0 fully saturated rings. The minimum atomic E-state index is 0.0173. The second kappa shape index (κ2) is 6.63. The van der Waals surface area contributed by atoms with Gasteiger partial charge in [-0.3, -0.25) is 14.9 Å². The Kier molecular flexibility index (Phi) is 4.62. The van der Waals surface area contributed by atoms with Gasteiger partial charge in [-0.1, -0.05) is 5.16 Å². The van der Waals surface area contributed by atoms with E-state index in [2.05, 4.69) is 20.0 Å². The summed E-state index contributed by atoms with van der Waals surface area (Å²) in [6, 6.07) is 7.71. The molecule has 0 radical (unpaired) electrons. The molecule has 0 bridgehead atoms. The Hall–Kier alpha value is -2.47. The lowest BCUT2D eigenvalue weighted by Crippen LogP contribution is -2.19. The first kappa shape index (κ1) is 14.0. The summed E-state index contributed by atoms with van der Waals surface area (Å²) < 4.78 is 0. The first-order valence-electron chi connectivity index (χ1n) is 6.19. The maximum atomic E-state index is 8.66. The van der Waals surface area contributed by atoms with Crippen LogP contribution in [0, 0.1) is 0 Å². The van der Waals surface area contributed by atoms with Crippen molar-refractivity contribution in [1.29, 1.82) is 0 Å². The molecular formula is C14H17N5O. The molecule has 0 saturated heterocycles. The van der Waals surface area contributed by atoms with Gasteiger partial charge in [0.05, 0.1) is 0 Å². The maximum absolute atomic E-state index is 8.66. The summed E-state index contributed by atoms with van der Waals surface area (Å²) in [6.07, 6.45) is 5.22. The van der Waals surface area contributed by atoms with Crippen molar-refractivity contribution in [2.24, 2.45) is 10.9 Å². The van der Waals surface area contributed by atoms with Gasteiger partial charge in [-0.25, -0.2) is 0 Å². The zero-order valence-electron chi connectivity index (χ0n) is 11.3. The van der Waals surface area contributed by atoms with Gasteiger partial charge >= 0.3 is 0 Å². The van der Waals surface area contributed by atoms with Crippen molar-refractivity contribution in [3.8, 4) is 0 Å². The Bertz CT molecular complexity index is 585. The van der Waals surface area contributed by atoms with Crippen LogP contribution in [0.1, 0.15) is 16.8 Å². The van der Waals surface area contributed by atoms with Crippen LogP contribution in [0.25, 0.3) is 0 Å². The second-order valence-corrected chi connectivity index (χ2v) is 4.56. The van der Waals surface area contributed by atoms with Crippen LogP contribution in [0.3, 0.4) is 0 Å². The molecule has 2 heterocycles. The molecule has 0 unspecified atom stereocenters. The molecule has 0 amide bonds. The van der Waals surface area contributed by atoms with Crippen molar-refractivity contribution in [3.05, 3.63) is 59.7 Å². The average molecular weight is 271 g/mol. The third-order valence-corrected chi connectivity index (χ3v) is 2.85. The average Bonchev–Trinajstić information content (AvgIpc) is 2.47. The summed E-state index contributed by atoms with van der Waals surface area (Å²) in [5, 5.41) is 11.6. The molecule has 0 atom stereocenters. The molecule has 2 aromatic heterocycles. The van der Waals surface area contributed by atoms with Crippen molar-refractivity contribution < 1.29 is 5.21 Å². The van der Waals surface area contributed by atoms with Gasteiger partial charge in [-0.2, -0.15) is 0 Å². The summed E-state index contributed by atoms with van der Waals surface area (Å²) in [4.78, 5) is 10.2. The Morgan fingerprint density at radius 2 is 1.85 bits per heavy atom. The van der Waals surface area contributed by atoms with Gasteiger partial charge in [0.1, 0.15) is 5.69 Å². The minimum absolute atomic E-state index is 0.0173. The molecular weight excluding hydrogens is 254 g/mol. The largest absolute Gasteiger partial charge is 0.409 e. The molecule has 0 aliphatic heterocycles. The van der Waals surface area contributed by atoms with Crippen LogP contribution in [-0.4, -0.2) is 33.0 Å². The van der Waals surface area contributed by atoms with Crippen molar-refractivity contribution >= 4 is 5.84 Å². The molecule has 0 spiro atoms. The van der Waals surface area contributed by atoms with Crippen molar-refractivity contribution in [2.45, 2.75) is 13.1 Å². The molecule has 2 rings (SSSR count). The van der Waals surface area contributed by atoms with E-state index in [4.69, 9.17) is 10.9 Å². The molecule has 0 aromatic carbocycles. The molecule has 20 heavy (non-hydrogen) atoms. The summed E-state index contributed by atoms with van der Waals surface area (Å²) in [6.45, 7) is 1.57. The third-order valence-electron chi connectivity index (χ3n) is 2.85. The first-order chi connectivity index (χ1) is 9.69. The van der Waals surface area contributed by atoms with E-state index >= 15 is 0 Å². The zero-order valence-corrected chi connectivity index (χ0v) is 11.3. The Balaban J connectivity index is 2.03.